The Morgan fingerprint density at radius 2 is 1.48 bits per heavy atom. The standard InChI is InChI=1S/C30H28F3N3O6/c1-42-27-13-18(7-11-26(27)37)16-34-15-17-6-9-23(21(12-17)29(40)41)36-25-14-19(30(31,32)33)8-10-24(25)35-22-5-3-2-4-20(22)28(38)39/h2-14,28,34-39H,15-16H2,1H3,(H,40,41). The monoisotopic (exact) mass is 583 g/mol. The molecule has 0 aliphatic carbocycles. The van der Waals surface area contributed by atoms with Gasteiger partial charge >= 0.3 is 12.1 Å². The van der Waals surface area contributed by atoms with Crippen molar-refractivity contribution in [3.63, 3.8) is 0 Å². The second-order valence-electron chi connectivity index (χ2n) is 9.26. The van der Waals surface area contributed by atoms with E-state index in [0.717, 1.165) is 17.7 Å². The minimum atomic E-state index is -4.67. The molecule has 0 aromatic heterocycles. The molecule has 220 valence electrons. The predicted octanol–water partition coefficient (Wildman–Crippen LogP) is 5.88. The summed E-state index contributed by atoms with van der Waals surface area (Å²) < 4.78 is 45.8. The first-order valence-electron chi connectivity index (χ1n) is 12.6. The number of hydrogen-bond donors (Lipinski definition) is 7. The maximum absolute atomic E-state index is 13.6. The van der Waals surface area contributed by atoms with Crippen LogP contribution in [-0.2, 0) is 19.3 Å². The van der Waals surface area contributed by atoms with Gasteiger partial charge in [0.25, 0.3) is 0 Å². The van der Waals surface area contributed by atoms with E-state index in [9.17, 15) is 38.4 Å². The lowest BCUT2D eigenvalue weighted by atomic mass is 10.1. The highest BCUT2D eigenvalue weighted by molar-refractivity contribution is 5.96. The molecule has 0 spiro atoms. The normalized spacial score (nSPS) is 11.4. The van der Waals surface area contributed by atoms with E-state index in [1.165, 1.54) is 43.5 Å². The molecule has 0 radical (unpaired) electrons. The van der Waals surface area contributed by atoms with E-state index in [1.54, 1.807) is 30.3 Å². The van der Waals surface area contributed by atoms with Crippen molar-refractivity contribution in [3.8, 4) is 11.5 Å². The summed E-state index contributed by atoms with van der Waals surface area (Å²) in [5.74, 6) is -0.972. The molecule has 42 heavy (non-hydrogen) atoms. The Morgan fingerprint density at radius 1 is 0.833 bits per heavy atom. The number of halogens is 3. The molecule has 0 saturated heterocycles. The Morgan fingerprint density at radius 3 is 2.14 bits per heavy atom. The molecule has 0 atom stereocenters. The van der Waals surface area contributed by atoms with Gasteiger partial charge in [-0.1, -0.05) is 30.3 Å². The van der Waals surface area contributed by atoms with Crippen molar-refractivity contribution >= 4 is 28.7 Å². The van der Waals surface area contributed by atoms with Gasteiger partial charge in [0.1, 0.15) is 0 Å². The van der Waals surface area contributed by atoms with Crippen LogP contribution in [0.4, 0.5) is 35.9 Å². The molecular weight excluding hydrogens is 555 g/mol. The highest BCUT2D eigenvalue weighted by Crippen LogP contribution is 2.38. The fourth-order valence-corrected chi connectivity index (χ4v) is 4.23. The Kier molecular flexibility index (Phi) is 9.21. The maximum atomic E-state index is 13.6. The number of aliphatic hydroxyl groups excluding tert-OH is 1. The number of hydrogen-bond acceptors (Lipinski definition) is 8. The third-order valence-corrected chi connectivity index (χ3v) is 6.34. The molecule has 0 saturated carbocycles. The molecular formula is C30H28F3N3O6. The number of methoxy groups -OCH3 is 1. The van der Waals surface area contributed by atoms with Crippen LogP contribution in [0.2, 0.25) is 0 Å². The van der Waals surface area contributed by atoms with Crippen molar-refractivity contribution in [3.05, 3.63) is 107 Å². The average molecular weight is 584 g/mol. The van der Waals surface area contributed by atoms with Crippen molar-refractivity contribution in [2.24, 2.45) is 0 Å². The highest BCUT2D eigenvalue weighted by Gasteiger charge is 2.31. The maximum Gasteiger partial charge on any atom is 0.416 e. The van der Waals surface area contributed by atoms with E-state index in [4.69, 9.17) is 4.74 Å². The van der Waals surface area contributed by atoms with Gasteiger partial charge in [-0.2, -0.15) is 13.2 Å². The van der Waals surface area contributed by atoms with Crippen molar-refractivity contribution in [2.45, 2.75) is 25.6 Å². The lowest BCUT2D eigenvalue weighted by Crippen LogP contribution is -2.14. The van der Waals surface area contributed by atoms with E-state index in [0.29, 0.717) is 17.9 Å². The Balaban J connectivity index is 1.60. The number of anilines is 4. The number of alkyl halides is 3. The Bertz CT molecular complexity index is 1580. The average Bonchev–Trinajstić information content (AvgIpc) is 2.95. The van der Waals surface area contributed by atoms with E-state index in [-0.39, 0.29) is 46.2 Å². The second kappa shape index (κ2) is 12.8. The molecule has 0 aliphatic heterocycles. The molecule has 4 aromatic carbocycles. The first kappa shape index (κ1) is 30.2. The van der Waals surface area contributed by atoms with Gasteiger partial charge < -0.3 is 41.1 Å². The van der Waals surface area contributed by atoms with Crippen LogP contribution < -0.4 is 20.7 Å². The van der Waals surface area contributed by atoms with Crippen LogP contribution in [0.25, 0.3) is 0 Å². The number of carbonyl (C=O) groups is 1. The molecule has 0 amide bonds. The van der Waals surface area contributed by atoms with Gasteiger partial charge in [-0.15, -0.1) is 0 Å². The summed E-state index contributed by atoms with van der Waals surface area (Å²) in [6, 6.07) is 18.4. The number of nitrogens with one attached hydrogen (secondary N) is 3. The van der Waals surface area contributed by atoms with Gasteiger partial charge in [0.2, 0.25) is 0 Å². The van der Waals surface area contributed by atoms with Gasteiger partial charge in [0.05, 0.1) is 35.3 Å². The van der Waals surface area contributed by atoms with E-state index in [1.807, 2.05) is 0 Å². The van der Waals surface area contributed by atoms with Crippen LogP contribution in [0.3, 0.4) is 0 Å². The zero-order chi connectivity index (χ0) is 30.4. The summed E-state index contributed by atoms with van der Waals surface area (Å²) in [5.41, 5.74) is 0.734. The number of aromatic hydroxyl groups is 1. The van der Waals surface area contributed by atoms with E-state index >= 15 is 0 Å². The SMILES string of the molecule is COc1cc(CNCc2ccc(Nc3cc(C(F)(F)F)ccc3Nc3ccccc3C(O)O)c(C(=O)O)c2)ccc1O. The first-order chi connectivity index (χ1) is 20.0. The fourth-order valence-electron chi connectivity index (χ4n) is 4.23. The summed E-state index contributed by atoms with van der Waals surface area (Å²) in [4.78, 5) is 12.1. The molecule has 0 unspecified atom stereocenters. The third-order valence-electron chi connectivity index (χ3n) is 6.34. The molecule has 0 bridgehead atoms. The summed E-state index contributed by atoms with van der Waals surface area (Å²) in [5, 5.41) is 47.9. The molecule has 0 aliphatic rings. The lowest BCUT2D eigenvalue weighted by molar-refractivity contribution is -0.137. The van der Waals surface area contributed by atoms with Crippen molar-refractivity contribution in [1.82, 2.24) is 5.32 Å². The van der Waals surface area contributed by atoms with Crippen molar-refractivity contribution < 1.29 is 43.1 Å². The zero-order valence-electron chi connectivity index (χ0n) is 22.2. The molecule has 4 aromatic rings. The number of carboxylic acids is 1. The van der Waals surface area contributed by atoms with Crippen LogP contribution in [0.5, 0.6) is 11.5 Å². The minimum absolute atomic E-state index is 0.00441. The number of carboxylic acid groups (broad SMARTS) is 1. The fraction of sp³-hybridized carbons (Fsp3) is 0.167. The van der Waals surface area contributed by atoms with Crippen LogP contribution >= 0.6 is 0 Å². The molecule has 4 rings (SSSR count). The molecule has 0 fully saturated rings. The van der Waals surface area contributed by atoms with Crippen LogP contribution in [0, 0.1) is 0 Å². The number of rotatable bonds is 11. The number of phenolic OH excluding ortho intramolecular Hbond substituents is 1. The third kappa shape index (κ3) is 7.29. The molecule has 7 N–H and O–H groups in total. The van der Waals surface area contributed by atoms with E-state index < -0.39 is 24.0 Å². The van der Waals surface area contributed by atoms with Crippen molar-refractivity contribution in [2.75, 3.05) is 17.7 Å². The van der Waals surface area contributed by atoms with Crippen LogP contribution in [0.1, 0.15) is 38.9 Å². The van der Waals surface area contributed by atoms with Gasteiger partial charge in [-0.05, 0) is 59.7 Å². The summed E-state index contributed by atoms with van der Waals surface area (Å²) in [6.07, 6.45) is -6.50. The number of aromatic carboxylic acids is 1. The molecule has 0 heterocycles. The predicted molar refractivity (Wildman–Crippen MR) is 150 cm³/mol. The number of ether oxygens (including phenoxy) is 1. The highest BCUT2D eigenvalue weighted by atomic mass is 19.4. The number of para-hydroxylation sites is 1. The first-order valence-corrected chi connectivity index (χ1v) is 12.6. The zero-order valence-corrected chi connectivity index (χ0v) is 22.2. The van der Waals surface area contributed by atoms with Gasteiger partial charge in [-0.3, -0.25) is 0 Å². The van der Waals surface area contributed by atoms with Gasteiger partial charge in [0, 0.05) is 24.3 Å². The summed E-state index contributed by atoms with van der Waals surface area (Å²) in [7, 11) is 1.44. The number of benzene rings is 4. The Hall–Kier alpha value is -4.78. The molecule has 9 nitrogen and oxygen atoms in total. The number of phenols is 1. The smallest absolute Gasteiger partial charge is 0.416 e. The quantitative estimate of drug-likeness (QED) is 0.108. The molecule has 12 heteroatoms. The Labute approximate surface area is 238 Å². The largest absolute Gasteiger partial charge is 0.504 e. The second-order valence-corrected chi connectivity index (χ2v) is 9.26. The van der Waals surface area contributed by atoms with Gasteiger partial charge in [0.15, 0.2) is 17.8 Å². The number of aliphatic hydroxyl groups is 2. The van der Waals surface area contributed by atoms with Gasteiger partial charge in [-0.25, -0.2) is 4.79 Å². The van der Waals surface area contributed by atoms with Crippen LogP contribution in [0.15, 0.2) is 78.9 Å². The summed E-state index contributed by atoms with van der Waals surface area (Å²) in [6.45, 7) is 0.669. The van der Waals surface area contributed by atoms with E-state index in [2.05, 4.69) is 16.0 Å². The summed E-state index contributed by atoms with van der Waals surface area (Å²) >= 11 is 0. The minimum Gasteiger partial charge on any atom is -0.504 e. The topological polar surface area (TPSA) is 143 Å². The van der Waals surface area contributed by atoms with Crippen LogP contribution in [-0.4, -0.2) is 33.5 Å². The van der Waals surface area contributed by atoms with Crippen molar-refractivity contribution in [1.29, 1.82) is 0 Å². The lowest BCUT2D eigenvalue weighted by Gasteiger charge is -2.20.